The zero-order valence-corrected chi connectivity index (χ0v) is 9.46. The van der Waals surface area contributed by atoms with Crippen LogP contribution in [0, 0.1) is 11.3 Å². The largest absolute Gasteiger partial charge is 0.370 e. The van der Waals surface area contributed by atoms with Crippen molar-refractivity contribution in [3.8, 4) is 6.07 Å². The lowest BCUT2D eigenvalue weighted by molar-refractivity contribution is 0.682. The molecule has 2 rings (SSSR count). The first-order valence-electron chi connectivity index (χ1n) is 5.30. The lowest BCUT2D eigenvalue weighted by Crippen LogP contribution is -2.03. The lowest BCUT2D eigenvalue weighted by atomic mass is 10.2. The molecule has 2 aromatic heterocycles. The molecule has 0 aliphatic heterocycles. The number of aromatic nitrogens is 4. The van der Waals surface area contributed by atoms with E-state index in [0.717, 1.165) is 17.9 Å². The summed E-state index contributed by atoms with van der Waals surface area (Å²) in [5.74, 6) is 1.02. The van der Waals surface area contributed by atoms with Gasteiger partial charge < -0.3 is 5.32 Å². The van der Waals surface area contributed by atoms with Crippen LogP contribution < -0.4 is 5.32 Å². The van der Waals surface area contributed by atoms with E-state index in [1.165, 1.54) is 0 Å². The van der Waals surface area contributed by atoms with Crippen LogP contribution in [0.5, 0.6) is 0 Å². The fourth-order valence-electron chi connectivity index (χ4n) is 1.46. The summed E-state index contributed by atoms with van der Waals surface area (Å²) in [5, 5.41) is 15.8. The summed E-state index contributed by atoms with van der Waals surface area (Å²) in [7, 11) is 0. The van der Waals surface area contributed by atoms with Gasteiger partial charge in [-0.25, -0.2) is 14.6 Å². The highest BCUT2D eigenvalue weighted by atomic mass is 15.3. The maximum Gasteiger partial charge on any atom is 0.252 e. The normalized spacial score (nSPS) is 9.88. The fraction of sp³-hybridized carbons (Fsp3) is 0.273. The van der Waals surface area contributed by atoms with E-state index in [-0.39, 0.29) is 5.82 Å². The molecule has 6 nitrogen and oxygen atoms in total. The molecule has 1 N–H and O–H groups in total. The number of rotatable bonds is 4. The Morgan fingerprint density at radius 3 is 3.06 bits per heavy atom. The maximum absolute atomic E-state index is 8.62. The SMILES string of the molecule is CCNc1cc(Cn2cnc(C#N)n2)ccn1. The lowest BCUT2D eigenvalue weighted by Gasteiger charge is -2.05. The Balaban J connectivity index is 2.13. The first-order chi connectivity index (χ1) is 8.31. The van der Waals surface area contributed by atoms with Gasteiger partial charge >= 0.3 is 0 Å². The predicted octanol–water partition coefficient (Wildman–Crippen LogP) is 1.02. The second-order valence-electron chi connectivity index (χ2n) is 3.46. The van der Waals surface area contributed by atoms with Crippen LogP contribution in [0.15, 0.2) is 24.7 Å². The molecular weight excluding hydrogens is 216 g/mol. The van der Waals surface area contributed by atoms with E-state index in [9.17, 15) is 0 Å². The van der Waals surface area contributed by atoms with Crippen molar-refractivity contribution in [1.82, 2.24) is 19.7 Å². The van der Waals surface area contributed by atoms with Gasteiger partial charge in [-0.05, 0) is 24.6 Å². The smallest absolute Gasteiger partial charge is 0.252 e. The summed E-state index contributed by atoms with van der Waals surface area (Å²) in [4.78, 5) is 8.03. The van der Waals surface area contributed by atoms with Gasteiger partial charge in [0, 0.05) is 12.7 Å². The molecule has 2 heterocycles. The molecule has 0 spiro atoms. The van der Waals surface area contributed by atoms with Crippen molar-refractivity contribution in [3.63, 3.8) is 0 Å². The van der Waals surface area contributed by atoms with Crippen molar-refractivity contribution in [3.05, 3.63) is 36.0 Å². The number of nitrogens with zero attached hydrogens (tertiary/aromatic N) is 5. The number of nitriles is 1. The van der Waals surface area contributed by atoms with Crippen molar-refractivity contribution in [2.75, 3.05) is 11.9 Å². The van der Waals surface area contributed by atoms with Crippen LogP contribution in [0.25, 0.3) is 0 Å². The van der Waals surface area contributed by atoms with Gasteiger partial charge in [-0.2, -0.15) is 5.26 Å². The molecule has 0 fully saturated rings. The quantitative estimate of drug-likeness (QED) is 0.845. The summed E-state index contributed by atoms with van der Waals surface area (Å²) >= 11 is 0. The Kier molecular flexibility index (Phi) is 3.31. The van der Waals surface area contributed by atoms with Crippen molar-refractivity contribution in [2.45, 2.75) is 13.5 Å². The van der Waals surface area contributed by atoms with Gasteiger partial charge in [0.2, 0.25) is 0 Å². The molecule has 0 bridgehead atoms. The second kappa shape index (κ2) is 5.07. The van der Waals surface area contributed by atoms with Crippen LogP contribution in [-0.2, 0) is 6.54 Å². The highest BCUT2D eigenvalue weighted by molar-refractivity contribution is 5.37. The highest BCUT2D eigenvalue weighted by Gasteiger charge is 2.01. The van der Waals surface area contributed by atoms with E-state index in [1.54, 1.807) is 17.2 Å². The minimum atomic E-state index is 0.186. The molecule has 0 aliphatic rings. The predicted molar refractivity (Wildman–Crippen MR) is 62.2 cm³/mol. The zero-order chi connectivity index (χ0) is 12.1. The monoisotopic (exact) mass is 228 g/mol. The minimum Gasteiger partial charge on any atom is -0.370 e. The highest BCUT2D eigenvalue weighted by Crippen LogP contribution is 2.07. The Hall–Kier alpha value is -2.42. The van der Waals surface area contributed by atoms with Gasteiger partial charge in [-0.15, -0.1) is 5.10 Å². The van der Waals surface area contributed by atoms with Crippen molar-refractivity contribution in [2.24, 2.45) is 0 Å². The molecule has 86 valence electrons. The Morgan fingerprint density at radius 1 is 1.47 bits per heavy atom. The Labute approximate surface area is 98.9 Å². The van der Waals surface area contributed by atoms with Crippen LogP contribution in [0.4, 0.5) is 5.82 Å². The molecule has 0 aromatic carbocycles. The topological polar surface area (TPSA) is 79.4 Å². The van der Waals surface area contributed by atoms with E-state index in [1.807, 2.05) is 25.1 Å². The molecule has 2 aromatic rings. The summed E-state index contributed by atoms with van der Waals surface area (Å²) in [5.41, 5.74) is 1.06. The summed E-state index contributed by atoms with van der Waals surface area (Å²) in [6.45, 7) is 3.43. The molecule has 0 radical (unpaired) electrons. The fourth-order valence-corrected chi connectivity index (χ4v) is 1.46. The molecule has 0 saturated heterocycles. The van der Waals surface area contributed by atoms with Crippen molar-refractivity contribution < 1.29 is 0 Å². The second-order valence-corrected chi connectivity index (χ2v) is 3.46. The first kappa shape index (κ1) is 11.1. The molecule has 17 heavy (non-hydrogen) atoms. The van der Waals surface area contributed by atoms with E-state index in [0.29, 0.717) is 6.54 Å². The Bertz CT molecular complexity index is 539. The van der Waals surface area contributed by atoms with Crippen LogP contribution in [-0.4, -0.2) is 26.3 Å². The van der Waals surface area contributed by atoms with E-state index in [4.69, 9.17) is 5.26 Å². The van der Waals surface area contributed by atoms with Crippen LogP contribution in [0.2, 0.25) is 0 Å². The molecule has 6 heteroatoms. The van der Waals surface area contributed by atoms with E-state index < -0.39 is 0 Å². The summed E-state index contributed by atoms with van der Waals surface area (Å²) < 4.78 is 1.63. The number of pyridine rings is 1. The number of hydrogen-bond donors (Lipinski definition) is 1. The third-order valence-electron chi connectivity index (χ3n) is 2.16. The van der Waals surface area contributed by atoms with Crippen molar-refractivity contribution >= 4 is 5.82 Å². The first-order valence-corrected chi connectivity index (χ1v) is 5.30. The molecule has 0 saturated carbocycles. The number of hydrogen-bond acceptors (Lipinski definition) is 5. The molecule has 0 aliphatic carbocycles. The zero-order valence-electron chi connectivity index (χ0n) is 9.46. The van der Waals surface area contributed by atoms with Crippen molar-refractivity contribution in [1.29, 1.82) is 5.26 Å². The van der Waals surface area contributed by atoms with E-state index >= 15 is 0 Å². The summed E-state index contributed by atoms with van der Waals surface area (Å²) in [6.07, 6.45) is 3.29. The molecular formula is C11H12N6. The molecule has 0 atom stereocenters. The number of anilines is 1. The molecule has 0 amide bonds. The third-order valence-corrected chi connectivity index (χ3v) is 2.16. The minimum absolute atomic E-state index is 0.186. The third kappa shape index (κ3) is 2.78. The average Bonchev–Trinajstić information content (AvgIpc) is 2.78. The number of nitrogens with one attached hydrogen (secondary N) is 1. The van der Waals surface area contributed by atoms with Gasteiger partial charge in [0.05, 0.1) is 6.54 Å². The van der Waals surface area contributed by atoms with Crippen LogP contribution in [0.3, 0.4) is 0 Å². The van der Waals surface area contributed by atoms with Gasteiger partial charge in [0.15, 0.2) is 0 Å². The van der Waals surface area contributed by atoms with Gasteiger partial charge in [0.25, 0.3) is 5.82 Å². The van der Waals surface area contributed by atoms with Crippen LogP contribution >= 0.6 is 0 Å². The average molecular weight is 228 g/mol. The Morgan fingerprint density at radius 2 is 2.35 bits per heavy atom. The van der Waals surface area contributed by atoms with Crippen LogP contribution in [0.1, 0.15) is 18.3 Å². The van der Waals surface area contributed by atoms with E-state index in [2.05, 4.69) is 20.4 Å². The summed E-state index contributed by atoms with van der Waals surface area (Å²) in [6, 6.07) is 5.76. The molecule has 0 unspecified atom stereocenters. The standard InChI is InChI=1S/C11H12N6/c1-2-13-10-5-9(3-4-14-10)7-17-8-15-11(6-12)16-17/h3-5,8H,2,7H2,1H3,(H,13,14). The maximum atomic E-state index is 8.62. The van der Waals surface area contributed by atoms with Gasteiger partial charge in [-0.3, -0.25) is 0 Å². The van der Waals surface area contributed by atoms with Gasteiger partial charge in [-0.1, -0.05) is 0 Å². The van der Waals surface area contributed by atoms with Gasteiger partial charge in [0.1, 0.15) is 18.2 Å².